The molecule has 1 heterocycles. The molecule has 0 N–H and O–H groups in total. The van der Waals surface area contributed by atoms with Crippen LogP contribution in [0.25, 0.3) is 0 Å². The van der Waals surface area contributed by atoms with E-state index in [2.05, 4.69) is 9.72 Å². The van der Waals surface area contributed by atoms with Gasteiger partial charge in [0.15, 0.2) is 0 Å². The van der Waals surface area contributed by atoms with Crippen molar-refractivity contribution in [1.82, 2.24) is 4.98 Å². The molecule has 6 heteroatoms. The first kappa shape index (κ1) is 10.1. The number of rotatable bonds is 3. The molecule has 0 saturated carbocycles. The molecule has 0 radical (unpaired) electrons. The highest BCUT2D eigenvalue weighted by Gasteiger charge is 2.08. The van der Waals surface area contributed by atoms with Crippen molar-refractivity contribution in [2.24, 2.45) is 0 Å². The summed E-state index contributed by atoms with van der Waals surface area (Å²) in [6.07, 6.45) is 0.787. The third kappa shape index (κ3) is 2.77. The molecule has 2 nitrogen and oxygen atoms in total. The molecule has 0 fully saturated rings. The molecule has 0 atom stereocenters. The monoisotopic (exact) mass is 211 g/mol. The lowest BCUT2D eigenvalue weighted by atomic mass is 10.3. The Morgan fingerprint density at radius 3 is 2.77 bits per heavy atom. The van der Waals surface area contributed by atoms with Gasteiger partial charge in [-0.05, 0) is 0 Å². The lowest BCUT2D eigenvalue weighted by Crippen LogP contribution is -2.04. The van der Waals surface area contributed by atoms with Crippen LogP contribution >= 0.6 is 11.6 Å². The van der Waals surface area contributed by atoms with Gasteiger partial charge in [0, 0.05) is 11.6 Å². The van der Waals surface area contributed by atoms with Crippen LogP contribution in [0.5, 0.6) is 5.88 Å². The summed E-state index contributed by atoms with van der Waals surface area (Å²) in [5, 5.41) is 0. The molecule has 13 heavy (non-hydrogen) atoms. The number of ether oxygens (including phenoxy) is 1. The van der Waals surface area contributed by atoms with E-state index < -0.39 is 12.4 Å². The molecule has 0 aromatic carbocycles. The SMILES string of the molecule is Fc1cnc(OC(F)F)cc1CCl. The molecule has 0 saturated heterocycles. The van der Waals surface area contributed by atoms with Crippen molar-refractivity contribution >= 4 is 11.6 Å². The quantitative estimate of drug-likeness (QED) is 0.717. The second-order valence-corrected chi connectivity index (χ2v) is 2.39. The lowest BCUT2D eigenvalue weighted by Gasteiger charge is -2.04. The number of halogens is 4. The van der Waals surface area contributed by atoms with Gasteiger partial charge in [0.1, 0.15) is 5.82 Å². The van der Waals surface area contributed by atoms with Crippen molar-refractivity contribution < 1.29 is 17.9 Å². The van der Waals surface area contributed by atoms with Crippen LogP contribution in [-0.4, -0.2) is 11.6 Å². The van der Waals surface area contributed by atoms with Gasteiger partial charge in [0.05, 0.1) is 12.1 Å². The van der Waals surface area contributed by atoms with Crippen LogP contribution in [0, 0.1) is 5.82 Å². The van der Waals surface area contributed by atoms with Crippen LogP contribution in [-0.2, 0) is 5.88 Å². The van der Waals surface area contributed by atoms with E-state index in [9.17, 15) is 13.2 Å². The van der Waals surface area contributed by atoms with E-state index >= 15 is 0 Å². The van der Waals surface area contributed by atoms with Crippen molar-refractivity contribution in [2.45, 2.75) is 12.5 Å². The highest BCUT2D eigenvalue weighted by Crippen LogP contribution is 2.16. The maximum absolute atomic E-state index is 12.7. The van der Waals surface area contributed by atoms with E-state index in [1.165, 1.54) is 0 Å². The van der Waals surface area contributed by atoms with E-state index in [1.807, 2.05) is 0 Å². The molecular formula is C7H5ClF3NO. The zero-order valence-corrected chi connectivity index (χ0v) is 7.06. The summed E-state index contributed by atoms with van der Waals surface area (Å²) in [6, 6.07) is 1.04. The number of nitrogens with zero attached hydrogens (tertiary/aromatic N) is 1. The predicted octanol–water partition coefficient (Wildman–Crippen LogP) is 2.56. The minimum atomic E-state index is -2.97. The zero-order valence-electron chi connectivity index (χ0n) is 6.31. The average Bonchev–Trinajstić information content (AvgIpc) is 2.07. The highest BCUT2D eigenvalue weighted by molar-refractivity contribution is 6.17. The number of pyridine rings is 1. The third-order valence-corrected chi connectivity index (χ3v) is 1.55. The smallest absolute Gasteiger partial charge is 0.388 e. The Morgan fingerprint density at radius 1 is 1.54 bits per heavy atom. The third-order valence-electron chi connectivity index (χ3n) is 1.26. The summed E-state index contributed by atoms with van der Waals surface area (Å²) in [5.41, 5.74) is 0.0762. The first-order valence-electron chi connectivity index (χ1n) is 3.28. The predicted molar refractivity (Wildman–Crippen MR) is 40.4 cm³/mol. The van der Waals surface area contributed by atoms with Gasteiger partial charge in [-0.2, -0.15) is 8.78 Å². The number of hydrogen-bond acceptors (Lipinski definition) is 2. The summed E-state index contributed by atoms with van der Waals surface area (Å²) in [5.74, 6) is -1.10. The Morgan fingerprint density at radius 2 is 2.23 bits per heavy atom. The van der Waals surface area contributed by atoms with E-state index in [1.54, 1.807) is 0 Å². The number of aromatic nitrogens is 1. The molecule has 72 valence electrons. The van der Waals surface area contributed by atoms with Gasteiger partial charge in [0.25, 0.3) is 0 Å². The first-order valence-corrected chi connectivity index (χ1v) is 3.82. The fourth-order valence-electron chi connectivity index (χ4n) is 0.717. The van der Waals surface area contributed by atoms with Crippen molar-refractivity contribution in [3.63, 3.8) is 0 Å². The molecule has 0 spiro atoms. The van der Waals surface area contributed by atoms with Crippen molar-refractivity contribution in [2.75, 3.05) is 0 Å². The maximum atomic E-state index is 12.7. The molecular weight excluding hydrogens is 207 g/mol. The van der Waals surface area contributed by atoms with Gasteiger partial charge in [-0.15, -0.1) is 11.6 Å². The van der Waals surface area contributed by atoms with Crippen LogP contribution in [0.3, 0.4) is 0 Å². The fourth-order valence-corrected chi connectivity index (χ4v) is 0.921. The Kier molecular flexibility index (Phi) is 3.36. The van der Waals surface area contributed by atoms with E-state index in [-0.39, 0.29) is 17.3 Å². The molecule has 0 bridgehead atoms. The summed E-state index contributed by atoms with van der Waals surface area (Å²) in [6.45, 7) is -2.97. The molecule has 0 aliphatic rings. The minimum Gasteiger partial charge on any atom is -0.417 e. The van der Waals surface area contributed by atoms with Gasteiger partial charge in [-0.3, -0.25) is 0 Å². The summed E-state index contributed by atoms with van der Waals surface area (Å²) >= 11 is 5.33. The molecule has 1 rings (SSSR count). The van der Waals surface area contributed by atoms with Crippen molar-refractivity contribution in [3.8, 4) is 5.88 Å². The van der Waals surface area contributed by atoms with Crippen molar-refractivity contribution in [1.29, 1.82) is 0 Å². The van der Waals surface area contributed by atoms with Crippen LogP contribution < -0.4 is 4.74 Å². The Bertz CT molecular complexity index is 295. The van der Waals surface area contributed by atoms with Crippen LogP contribution in [0.4, 0.5) is 13.2 Å². The van der Waals surface area contributed by atoms with Gasteiger partial charge >= 0.3 is 6.61 Å². The van der Waals surface area contributed by atoms with E-state index in [0.717, 1.165) is 12.3 Å². The Labute approximate surface area is 77.3 Å². The van der Waals surface area contributed by atoms with Crippen LogP contribution in [0.2, 0.25) is 0 Å². The van der Waals surface area contributed by atoms with Gasteiger partial charge in [-0.1, -0.05) is 0 Å². The lowest BCUT2D eigenvalue weighted by molar-refractivity contribution is -0.0529. The van der Waals surface area contributed by atoms with Crippen LogP contribution in [0.1, 0.15) is 5.56 Å². The molecule has 1 aromatic rings. The minimum absolute atomic E-state index is 0.0762. The van der Waals surface area contributed by atoms with Gasteiger partial charge < -0.3 is 4.74 Å². The number of alkyl halides is 3. The maximum Gasteiger partial charge on any atom is 0.388 e. The van der Waals surface area contributed by atoms with E-state index in [4.69, 9.17) is 11.6 Å². The average molecular weight is 212 g/mol. The molecule has 0 unspecified atom stereocenters. The Hall–Kier alpha value is -0.970. The van der Waals surface area contributed by atoms with E-state index in [0.29, 0.717) is 0 Å². The van der Waals surface area contributed by atoms with Crippen molar-refractivity contribution in [3.05, 3.63) is 23.6 Å². The van der Waals surface area contributed by atoms with Gasteiger partial charge in [0.2, 0.25) is 5.88 Å². The van der Waals surface area contributed by atoms with Crippen LogP contribution in [0.15, 0.2) is 12.3 Å². The first-order chi connectivity index (χ1) is 6.13. The normalized spacial score (nSPS) is 10.5. The van der Waals surface area contributed by atoms with Gasteiger partial charge in [-0.25, -0.2) is 9.37 Å². The largest absolute Gasteiger partial charge is 0.417 e. The summed E-state index contributed by atoms with van der Waals surface area (Å²) in [7, 11) is 0. The summed E-state index contributed by atoms with van der Waals surface area (Å²) < 4.78 is 40.0. The Balaban J connectivity index is 2.86. The topological polar surface area (TPSA) is 22.1 Å². The second-order valence-electron chi connectivity index (χ2n) is 2.13. The fraction of sp³-hybridized carbons (Fsp3) is 0.286. The zero-order chi connectivity index (χ0) is 9.84. The number of hydrogen-bond donors (Lipinski definition) is 0. The summed E-state index contributed by atoms with van der Waals surface area (Å²) in [4.78, 5) is 3.29. The second kappa shape index (κ2) is 4.32. The molecule has 0 aliphatic carbocycles. The standard InChI is InChI=1S/C7H5ClF3NO/c8-2-4-1-6(13-7(10)11)12-3-5(4)9/h1,3,7H,2H2. The highest BCUT2D eigenvalue weighted by atomic mass is 35.5. The molecule has 0 aliphatic heterocycles. The molecule has 1 aromatic heterocycles. The molecule has 0 amide bonds.